The summed E-state index contributed by atoms with van der Waals surface area (Å²) in [6, 6.07) is 8.21. The lowest BCUT2D eigenvalue weighted by Crippen LogP contribution is -2.09. The second-order valence-corrected chi connectivity index (χ2v) is 5.34. The molecule has 0 aliphatic rings. The maximum Gasteiger partial charge on any atom is 0.309 e. The predicted molar refractivity (Wildman–Crippen MR) is 78.5 cm³/mol. The van der Waals surface area contributed by atoms with Crippen molar-refractivity contribution >= 4 is 5.97 Å². The van der Waals surface area contributed by atoms with Crippen LogP contribution in [0.5, 0.6) is 0 Å². The van der Waals surface area contributed by atoms with Crippen LogP contribution < -0.4 is 0 Å². The van der Waals surface area contributed by atoms with Crippen LogP contribution >= 0.6 is 0 Å². The number of aliphatic carboxylic acids is 1. The number of nitrogens with zero attached hydrogens (tertiary/aromatic N) is 2. The van der Waals surface area contributed by atoms with Crippen LogP contribution in [0, 0.1) is 13.8 Å². The van der Waals surface area contributed by atoms with Crippen molar-refractivity contribution in [1.29, 1.82) is 0 Å². The molecular formula is C16H20N2O2. The van der Waals surface area contributed by atoms with Crippen molar-refractivity contribution in [2.24, 2.45) is 0 Å². The number of benzene rings is 1. The SMILES string of the molecule is Cc1nc(C)n(-c2ccc(C(C)C)cc2)c1CC(=O)O. The molecule has 1 N–H and O–H groups in total. The normalized spacial score (nSPS) is 11.1. The lowest BCUT2D eigenvalue weighted by molar-refractivity contribution is -0.136. The number of carboxylic acid groups (broad SMARTS) is 1. The Bertz CT molecular complexity index is 625. The van der Waals surface area contributed by atoms with Crippen molar-refractivity contribution in [2.45, 2.75) is 40.0 Å². The molecule has 0 saturated carbocycles. The molecule has 4 heteroatoms. The van der Waals surface area contributed by atoms with E-state index >= 15 is 0 Å². The molecule has 1 aromatic carbocycles. The third-order valence-corrected chi connectivity index (χ3v) is 3.48. The van der Waals surface area contributed by atoms with Gasteiger partial charge in [0.15, 0.2) is 0 Å². The first-order chi connectivity index (χ1) is 9.40. The summed E-state index contributed by atoms with van der Waals surface area (Å²) in [5, 5.41) is 9.05. The van der Waals surface area contributed by atoms with Crippen molar-refractivity contribution in [2.75, 3.05) is 0 Å². The van der Waals surface area contributed by atoms with E-state index in [1.165, 1.54) is 5.56 Å². The molecule has 106 valence electrons. The highest BCUT2D eigenvalue weighted by Gasteiger charge is 2.15. The van der Waals surface area contributed by atoms with Crippen LogP contribution in [-0.2, 0) is 11.2 Å². The van der Waals surface area contributed by atoms with Gasteiger partial charge in [0.25, 0.3) is 0 Å². The van der Waals surface area contributed by atoms with Crippen LogP contribution in [0.15, 0.2) is 24.3 Å². The van der Waals surface area contributed by atoms with E-state index in [0.717, 1.165) is 22.9 Å². The van der Waals surface area contributed by atoms with E-state index in [9.17, 15) is 4.79 Å². The summed E-state index contributed by atoms with van der Waals surface area (Å²) < 4.78 is 1.92. The highest BCUT2D eigenvalue weighted by atomic mass is 16.4. The molecule has 2 aromatic rings. The number of rotatable bonds is 4. The van der Waals surface area contributed by atoms with E-state index in [1.54, 1.807) is 0 Å². The Labute approximate surface area is 119 Å². The van der Waals surface area contributed by atoms with Crippen LogP contribution in [0.4, 0.5) is 0 Å². The minimum atomic E-state index is -0.840. The molecule has 4 nitrogen and oxygen atoms in total. The second-order valence-electron chi connectivity index (χ2n) is 5.34. The molecule has 0 amide bonds. The summed E-state index contributed by atoms with van der Waals surface area (Å²) in [5.41, 5.74) is 3.75. The Balaban J connectivity index is 2.48. The minimum absolute atomic E-state index is 0.0153. The number of aromatic nitrogens is 2. The standard InChI is InChI=1S/C16H20N2O2/c1-10(2)13-5-7-14(8-6-13)18-12(4)17-11(3)15(18)9-16(19)20/h5-8,10H,9H2,1-4H3,(H,19,20). The van der Waals surface area contributed by atoms with Crippen LogP contribution in [-0.4, -0.2) is 20.6 Å². The van der Waals surface area contributed by atoms with Gasteiger partial charge in [-0.15, -0.1) is 0 Å². The Morgan fingerprint density at radius 3 is 2.35 bits per heavy atom. The summed E-state index contributed by atoms with van der Waals surface area (Å²) in [6.45, 7) is 8.05. The number of carboxylic acids is 1. The number of hydrogen-bond acceptors (Lipinski definition) is 2. The van der Waals surface area contributed by atoms with Gasteiger partial charge in [0.2, 0.25) is 0 Å². The van der Waals surface area contributed by atoms with Gasteiger partial charge in [0.05, 0.1) is 17.8 Å². The highest BCUT2D eigenvalue weighted by molar-refractivity contribution is 5.70. The van der Waals surface area contributed by atoms with Crippen LogP contribution in [0.3, 0.4) is 0 Å². The van der Waals surface area contributed by atoms with Crippen LogP contribution in [0.2, 0.25) is 0 Å². The lowest BCUT2D eigenvalue weighted by Gasteiger charge is -2.12. The second kappa shape index (κ2) is 5.49. The van der Waals surface area contributed by atoms with E-state index in [2.05, 4.69) is 31.0 Å². The van der Waals surface area contributed by atoms with Crippen LogP contribution in [0.1, 0.15) is 42.5 Å². The average molecular weight is 272 g/mol. The van der Waals surface area contributed by atoms with Gasteiger partial charge in [0.1, 0.15) is 5.82 Å². The molecule has 0 atom stereocenters. The first-order valence-corrected chi connectivity index (χ1v) is 6.77. The molecule has 0 radical (unpaired) electrons. The quantitative estimate of drug-likeness (QED) is 0.929. The number of carbonyl (C=O) groups is 1. The van der Waals surface area contributed by atoms with Crippen LogP contribution in [0.25, 0.3) is 5.69 Å². The molecule has 0 bridgehead atoms. The van der Waals surface area contributed by atoms with Gasteiger partial charge in [-0.05, 0) is 37.5 Å². The Morgan fingerprint density at radius 2 is 1.85 bits per heavy atom. The highest BCUT2D eigenvalue weighted by Crippen LogP contribution is 2.21. The van der Waals surface area contributed by atoms with Crippen molar-refractivity contribution < 1.29 is 9.90 Å². The number of imidazole rings is 1. The molecule has 1 heterocycles. The average Bonchev–Trinajstić information content (AvgIpc) is 2.64. The third kappa shape index (κ3) is 2.74. The maximum atomic E-state index is 11.0. The van der Waals surface area contributed by atoms with E-state index < -0.39 is 5.97 Å². The summed E-state index contributed by atoms with van der Waals surface area (Å²) in [7, 11) is 0. The Kier molecular flexibility index (Phi) is 3.93. The summed E-state index contributed by atoms with van der Waals surface area (Å²) >= 11 is 0. The van der Waals surface area contributed by atoms with E-state index in [0.29, 0.717) is 5.92 Å². The van der Waals surface area contributed by atoms with Gasteiger partial charge in [0, 0.05) is 5.69 Å². The number of hydrogen-bond donors (Lipinski definition) is 1. The fourth-order valence-electron chi connectivity index (χ4n) is 2.42. The largest absolute Gasteiger partial charge is 0.481 e. The fourth-order valence-corrected chi connectivity index (χ4v) is 2.42. The monoisotopic (exact) mass is 272 g/mol. The van der Waals surface area contributed by atoms with Gasteiger partial charge in [-0.2, -0.15) is 0 Å². The maximum absolute atomic E-state index is 11.0. The molecule has 0 saturated heterocycles. The third-order valence-electron chi connectivity index (χ3n) is 3.48. The van der Waals surface area contributed by atoms with Crippen molar-refractivity contribution in [1.82, 2.24) is 9.55 Å². The van der Waals surface area contributed by atoms with E-state index in [1.807, 2.05) is 30.5 Å². The van der Waals surface area contributed by atoms with Gasteiger partial charge in [-0.3, -0.25) is 4.79 Å². The minimum Gasteiger partial charge on any atom is -0.481 e. The summed E-state index contributed by atoms with van der Waals surface area (Å²) in [6.07, 6.45) is -0.0153. The molecule has 0 aliphatic carbocycles. The molecule has 1 aromatic heterocycles. The molecule has 0 fully saturated rings. The topological polar surface area (TPSA) is 55.1 Å². The Hall–Kier alpha value is -2.10. The lowest BCUT2D eigenvalue weighted by atomic mass is 10.0. The molecule has 2 rings (SSSR count). The van der Waals surface area contributed by atoms with Crippen molar-refractivity contribution in [3.05, 3.63) is 47.0 Å². The molecule has 20 heavy (non-hydrogen) atoms. The smallest absolute Gasteiger partial charge is 0.309 e. The zero-order valence-corrected chi connectivity index (χ0v) is 12.3. The zero-order chi connectivity index (χ0) is 14.9. The van der Waals surface area contributed by atoms with Crippen molar-refractivity contribution in [3.63, 3.8) is 0 Å². The molecule has 0 unspecified atom stereocenters. The Morgan fingerprint density at radius 1 is 1.25 bits per heavy atom. The van der Waals surface area contributed by atoms with Gasteiger partial charge < -0.3 is 9.67 Å². The van der Waals surface area contributed by atoms with Gasteiger partial charge in [-0.25, -0.2) is 4.98 Å². The van der Waals surface area contributed by atoms with Gasteiger partial charge in [-0.1, -0.05) is 26.0 Å². The molecule has 0 aliphatic heterocycles. The van der Waals surface area contributed by atoms with E-state index in [-0.39, 0.29) is 6.42 Å². The zero-order valence-electron chi connectivity index (χ0n) is 12.3. The first kappa shape index (κ1) is 14.3. The summed E-state index contributed by atoms with van der Waals surface area (Å²) in [4.78, 5) is 15.4. The molecular weight excluding hydrogens is 252 g/mol. The fraction of sp³-hybridized carbons (Fsp3) is 0.375. The molecule has 0 spiro atoms. The predicted octanol–water partition coefficient (Wildman–Crippen LogP) is 3.24. The van der Waals surface area contributed by atoms with E-state index in [4.69, 9.17) is 5.11 Å². The van der Waals surface area contributed by atoms with Gasteiger partial charge >= 0.3 is 5.97 Å². The number of aryl methyl sites for hydroxylation is 2. The summed E-state index contributed by atoms with van der Waals surface area (Å²) in [5.74, 6) is 0.456. The first-order valence-electron chi connectivity index (χ1n) is 6.77. The van der Waals surface area contributed by atoms with Crippen molar-refractivity contribution in [3.8, 4) is 5.69 Å².